The van der Waals surface area contributed by atoms with Gasteiger partial charge in [-0.15, -0.1) is 0 Å². The minimum atomic E-state index is -4.19. The number of halogens is 7. The number of aromatic nitrogens is 12. The van der Waals surface area contributed by atoms with Gasteiger partial charge in [-0.2, -0.15) is 15.0 Å². The maximum Gasteiger partial charge on any atom is 0.269 e. The number of thiocarbonyl (C=S) groups is 1. The predicted molar refractivity (Wildman–Crippen MR) is 471 cm³/mol. The van der Waals surface area contributed by atoms with Crippen molar-refractivity contribution in [2.24, 2.45) is 35.5 Å². The molecule has 5 amide bonds. The number of allylic oxidation sites excluding steroid dienone is 10. The molecule has 38 nitrogen and oxygen atoms in total. The third-order valence-electron chi connectivity index (χ3n) is 20.7. The first-order chi connectivity index (χ1) is 59.5. The third-order valence-corrected chi connectivity index (χ3v) is 27.0. The van der Waals surface area contributed by atoms with Crippen LogP contribution in [0, 0.1) is 65.9 Å². The second kappa shape index (κ2) is 40.2. The number of nitro benzene ring substituents is 3. The molecule has 9 aromatic rings. The molecular weight excluding hydrogens is 1950 g/mol. The number of hydrogen-bond donors (Lipinski definition) is 4. The molecule has 12 atom stereocenters. The number of carbonyl (C=O) groups excluding carboxylic acids is 5. The summed E-state index contributed by atoms with van der Waals surface area (Å²) < 4.78 is 85.6. The molecule has 7 aliphatic carbocycles. The Hall–Kier alpha value is -10.9. The number of nitrogens with zero attached hydrogens (tertiary/aromatic N) is 17. The van der Waals surface area contributed by atoms with Crippen molar-refractivity contribution < 1.29 is 69.1 Å². The van der Waals surface area contributed by atoms with Crippen LogP contribution in [0.25, 0.3) is 33.5 Å². The maximum atomic E-state index is 12.9. The van der Waals surface area contributed by atoms with E-state index in [0.29, 0.717) is 68.1 Å². The molecule has 652 valence electrons. The minimum absolute atomic E-state index is 0.0484. The number of aliphatic hydroxyl groups is 1. The van der Waals surface area contributed by atoms with Crippen LogP contribution < -0.4 is 15.4 Å². The minimum Gasteiger partial charge on any atom is -0.396 e. The standard InChI is InChI=1S/C18H14Cl2N6O5S.C17H12Cl2N6O5S.C12H10N2O5S.C11H10Cl2N4O.2C6H7NO.C5H6.CHIS/c1-24(32(30,31)13-6-4-11(5-7-13)26(28)29)17(27)10-2-3-12(8-10)25-9-21-14-15(19)22-18(20)23-16(14)25;18-14-13-15(22-17(19)21-14)24(8-20-13)11-2-1-9(7-11)16(26)23-31(29,30)12-5-3-10(4-6-12)25(27)28;15-12-10-2-1-3-11(10)13(12)20(18,19)9-6-4-8(5-7-9)14(16)17;12-9-8-10(16-11(13)15-9)17(5-14-8)7-2-1-6(3-7)4-18;2*8-6-4-2-1-3-5(4)7-6;1-2-4-5-3-1;2-1-3/h2-7,9-10,12H,8H2,1H3;1-6,8-9,11H,7H2,(H,23,26);1,3-7,10-11H,2H2;1-2,5-7,18H,3-4H2;2*1,3-5H,2H2,(H,7,8);1-4H,5H2;1H/t10-,12+;9-,11+;10-,11?;6-,7+;4-,5?;;;/m11010.../s1. The van der Waals surface area contributed by atoms with Crippen LogP contribution in [0.2, 0.25) is 31.3 Å². The number of amides is 5. The van der Waals surface area contributed by atoms with Gasteiger partial charge < -0.3 is 29.4 Å². The summed E-state index contributed by atoms with van der Waals surface area (Å²) in [6, 6.07) is 12.9. The number of imidazole rings is 3. The molecule has 6 aromatic heterocycles. The summed E-state index contributed by atoms with van der Waals surface area (Å²) in [5.41, 5.74) is 1.95. The molecule has 4 N–H and O–H groups in total. The lowest BCUT2D eigenvalue weighted by molar-refractivity contribution is -0.385. The first-order valence-electron chi connectivity index (χ1n) is 37.2. The SMILES string of the molecule is C1=CCC=C1.CN(C(=O)[C@@H]1C=C[C@H](n2cnc3c(Cl)nc(Cl)nc32)C1)S(=O)(=O)c1ccc([N+](=O)[O-])cc1.O=C(NS(=O)(=O)c1ccc([N+](=O)[O-])cc1)[C@@H]1C=C[C@H](n2cnc3c(Cl)nc(Cl)nc32)C1.O=C1NC2C=CCC12.O=C1NC2C=CC[C@H]12.O=C1[C@H]2CC=CC2N1S(=O)(=O)c1ccc([N+](=O)[O-])cc1.OC[C@@H]1C=C[C@H](n2cnc3c(Cl)nc(Cl)nc32)C1.S=CI. The summed E-state index contributed by atoms with van der Waals surface area (Å²) in [4.78, 5) is 124. The van der Waals surface area contributed by atoms with Crippen LogP contribution in [0.4, 0.5) is 17.1 Å². The number of nitrogens with one attached hydrogen (secondary N) is 3. The first kappa shape index (κ1) is 93.3. The number of sulfonamides is 3. The molecule has 49 heteroatoms. The summed E-state index contributed by atoms with van der Waals surface area (Å²) in [6.45, 7) is 0.149. The lowest BCUT2D eigenvalue weighted by Crippen LogP contribution is -2.60. The van der Waals surface area contributed by atoms with Crippen molar-refractivity contribution in [3.63, 3.8) is 0 Å². The fraction of sp³-hybridized carbons (Fsp3) is 0.276. The van der Waals surface area contributed by atoms with E-state index in [4.69, 9.17) is 74.7 Å². The Morgan fingerprint density at radius 3 is 1.31 bits per heavy atom. The molecular formula is C76H67Cl6IN20O18S4. The van der Waals surface area contributed by atoms with Crippen LogP contribution >= 0.6 is 104 Å². The fourth-order valence-corrected chi connectivity index (χ4v) is 19.3. The van der Waals surface area contributed by atoms with Gasteiger partial charge in [0, 0.05) is 59.3 Å². The quantitative estimate of drug-likeness (QED) is 0.00852. The van der Waals surface area contributed by atoms with Crippen molar-refractivity contribution >= 4 is 218 Å². The molecule has 3 fully saturated rings. The molecule has 19 rings (SSSR count). The summed E-state index contributed by atoms with van der Waals surface area (Å²) in [6.07, 6.45) is 40.4. The van der Waals surface area contributed by atoms with Gasteiger partial charge in [-0.1, -0.05) is 144 Å². The van der Waals surface area contributed by atoms with Crippen LogP contribution in [0.15, 0.2) is 204 Å². The predicted octanol–water partition coefficient (Wildman–Crippen LogP) is 12.0. The number of rotatable bonds is 15. The second-order valence-electron chi connectivity index (χ2n) is 28.3. The van der Waals surface area contributed by atoms with Crippen molar-refractivity contribution in [3.05, 3.63) is 251 Å². The number of fused-ring (bicyclic) bond motifs is 6. The van der Waals surface area contributed by atoms with Crippen molar-refractivity contribution in [3.8, 4) is 0 Å². The van der Waals surface area contributed by atoms with Gasteiger partial charge in [0.05, 0.1) is 114 Å². The number of hydrogen-bond acceptors (Lipinski definition) is 28. The van der Waals surface area contributed by atoms with Gasteiger partial charge in [-0.05, 0) is 139 Å². The molecule has 125 heavy (non-hydrogen) atoms. The van der Waals surface area contributed by atoms with Crippen LogP contribution in [0.3, 0.4) is 0 Å². The summed E-state index contributed by atoms with van der Waals surface area (Å²) in [5, 5.41) is 47.2. The van der Waals surface area contributed by atoms with Crippen molar-refractivity contribution in [2.75, 3.05) is 13.7 Å². The van der Waals surface area contributed by atoms with Gasteiger partial charge in [0.25, 0.3) is 47.1 Å². The molecule has 10 aliphatic rings. The van der Waals surface area contributed by atoms with E-state index in [-0.39, 0.29) is 124 Å². The Morgan fingerprint density at radius 2 is 0.928 bits per heavy atom. The molecule has 9 heterocycles. The van der Waals surface area contributed by atoms with E-state index in [2.05, 4.69) is 116 Å². The summed E-state index contributed by atoms with van der Waals surface area (Å²) >= 11 is 41.8. The van der Waals surface area contributed by atoms with Gasteiger partial charge in [-0.25, -0.2) is 68.5 Å². The molecule has 3 saturated heterocycles. The highest BCUT2D eigenvalue weighted by Crippen LogP contribution is 2.41. The average Bonchev–Trinajstić information content (AvgIpc) is 1.71. The Morgan fingerprint density at radius 1 is 0.544 bits per heavy atom. The molecule has 3 aromatic carbocycles. The number of benzene rings is 3. The van der Waals surface area contributed by atoms with Crippen molar-refractivity contribution in [2.45, 2.75) is 95.9 Å². The van der Waals surface area contributed by atoms with Crippen molar-refractivity contribution in [1.82, 2.24) is 82.5 Å². The Kier molecular flexibility index (Phi) is 30.0. The van der Waals surface area contributed by atoms with E-state index in [1.165, 1.54) is 12.7 Å². The number of β-lactam (4-membered cyclic amide) rings is 3. The topological polar surface area (TPSA) is 511 Å². The first-order valence-corrected chi connectivity index (χ1v) is 45.6. The normalized spacial score (nSPS) is 22.5. The van der Waals surface area contributed by atoms with Crippen LogP contribution in [-0.4, -0.2) is 177 Å². The Bertz CT molecular complexity index is 6330. The number of non-ortho nitro benzene ring substituents is 3. The zero-order valence-electron chi connectivity index (χ0n) is 64.3. The highest BCUT2D eigenvalue weighted by molar-refractivity contribution is 14.1. The second-order valence-corrected chi connectivity index (χ2v) is 37.5. The van der Waals surface area contributed by atoms with E-state index >= 15 is 0 Å². The van der Waals surface area contributed by atoms with Crippen molar-refractivity contribution in [1.29, 1.82) is 0 Å². The smallest absolute Gasteiger partial charge is 0.269 e. The molecule has 0 spiro atoms. The van der Waals surface area contributed by atoms with E-state index in [1.807, 2.05) is 44.0 Å². The van der Waals surface area contributed by atoms with Gasteiger partial charge in [0.2, 0.25) is 45.4 Å². The lowest BCUT2D eigenvalue weighted by atomic mass is 9.94. The van der Waals surface area contributed by atoms with E-state index in [1.54, 1.807) is 55.3 Å². The van der Waals surface area contributed by atoms with E-state index in [0.717, 1.165) is 110 Å². The zero-order valence-corrected chi connectivity index (χ0v) is 74.3. The molecule has 4 unspecified atom stereocenters. The maximum absolute atomic E-state index is 12.9. The third kappa shape index (κ3) is 21.1. The summed E-state index contributed by atoms with van der Waals surface area (Å²) in [7, 11) is -11.2. The largest absolute Gasteiger partial charge is 0.396 e. The molecule has 0 radical (unpaired) electrons. The Labute approximate surface area is 759 Å². The van der Waals surface area contributed by atoms with Gasteiger partial charge in [0.15, 0.2) is 32.4 Å². The highest BCUT2D eigenvalue weighted by atomic mass is 127. The van der Waals surface area contributed by atoms with Gasteiger partial charge in [0.1, 0.15) is 16.6 Å². The van der Waals surface area contributed by atoms with E-state index < -0.39 is 80.4 Å². The number of aliphatic hydroxyl groups excluding tert-OH is 1. The van der Waals surface area contributed by atoms with Crippen LogP contribution in [-0.2, 0) is 54.0 Å². The number of nitro groups is 3. The van der Waals surface area contributed by atoms with Gasteiger partial charge >= 0.3 is 0 Å². The summed E-state index contributed by atoms with van der Waals surface area (Å²) in [5.74, 6) is -2.29. The average molecular weight is 2020 g/mol. The zero-order chi connectivity index (χ0) is 90.1. The van der Waals surface area contributed by atoms with Crippen LogP contribution in [0.1, 0.15) is 63.1 Å². The highest BCUT2D eigenvalue weighted by Gasteiger charge is 2.54. The monoisotopic (exact) mass is 2010 g/mol. The Balaban J connectivity index is 0.000000141. The molecule has 0 bridgehead atoms. The fourth-order valence-electron chi connectivity index (χ4n) is 14.2. The van der Waals surface area contributed by atoms with Crippen LogP contribution in [0.5, 0.6) is 0 Å². The lowest BCUT2D eigenvalue weighted by Gasteiger charge is -2.41. The van der Waals surface area contributed by atoms with E-state index in [9.17, 15) is 79.6 Å². The van der Waals surface area contributed by atoms with Gasteiger partial charge in [-0.3, -0.25) is 54.3 Å². The number of carbonyl (C=O) groups is 5. The molecule has 0 saturated carbocycles. The molecule has 3 aliphatic heterocycles.